The smallest absolute Gasteiger partial charge is 0.258 e. The fourth-order valence-electron chi connectivity index (χ4n) is 3.06. The van der Waals surface area contributed by atoms with E-state index in [1.807, 2.05) is 33.8 Å². The second kappa shape index (κ2) is 9.43. The summed E-state index contributed by atoms with van der Waals surface area (Å²) in [6.45, 7) is 9.18. The molecule has 0 aromatic carbocycles. The third kappa shape index (κ3) is 4.68. The van der Waals surface area contributed by atoms with Crippen molar-refractivity contribution in [3.63, 3.8) is 0 Å². The lowest BCUT2D eigenvalue weighted by atomic mass is 10.0. The summed E-state index contributed by atoms with van der Waals surface area (Å²) < 4.78 is 1.53. The van der Waals surface area contributed by atoms with Crippen LogP contribution in [0.1, 0.15) is 51.5 Å². The van der Waals surface area contributed by atoms with Gasteiger partial charge < -0.3 is 15.0 Å². The number of anilines is 1. The van der Waals surface area contributed by atoms with Crippen molar-refractivity contribution in [1.29, 1.82) is 0 Å². The lowest BCUT2D eigenvalue weighted by Gasteiger charge is -2.13. The SMILES string of the molecule is CC.CCC(O)c1cc(C)c(-c2cc3cnc(NC(C)=O)cc3n(C)c2=O)cn1. The Labute approximate surface area is 170 Å². The van der Waals surface area contributed by atoms with E-state index in [2.05, 4.69) is 15.3 Å². The molecular formula is C22H28N4O3. The predicted octanol–water partition coefficient (Wildman–Crippen LogP) is 3.73. The number of amides is 1. The Balaban J connectivity index is 0.00000145. The topological polar surface area (TPSA) is 97.1 Å². The van der Waals surface area contributed by atoms with Crippen LogP contribution in [-0.4, -0.2) is 25.5 Å². The van der Waals surface area contributed by atoms with Crippen LogP contribution in [0.25, 0.3) is 22.0 Å². The molecule has 1 amide bonds. The third-order valence-corrected chi connectivity index (χ3v) is 4.56. The fourth-order valence-corrected chi connectivity index (χ4v) is 3.06. The number of hydrogen-bond donors (Lipinski definition) is 2. The molecule has 0 aliphatic heterocycles. The van der Waals surface area contributed by atoms with E-state index in [1.54, 1.807) is 31.6 Å². The lowest BCUT2D eigenvalue weighted by molar-refractivity contribution is -0.114. The van der Waals surface area contributed by atoms with Crippen LogP contribution in [-0.2, 0) is 11.8 Å². The number of carbonyl (C=O) groups is 1. The maximum atomic E-state index is 12.9. The van der Waals surface area contributed by atoms with Crippen molar-refractivity contribution in [3.8, 4) is 11.1 Å². The molecule has 154 valence electrons. The van der Waals surface area contributed by atoms with Gasteiger partial charge in [-0.05, 0) is 31.0 Å². The highest BCUT2D eigenvalue weighted by Crippen LogP contribution is 2.26. The lowest BCUT2D eigenvalue weighted by Crippen LogP contribution is -2.20. The molecule has 0 aliphatic carbocycles. The number of nitrogens with one attached hydrogen (secondary N) is 1. The molecule has 7 nitrogen and oxygen atoms in total. The average molecular weight is 396 g/mol. The van der Waals surface area contributed by atoms with E-state index < -0.39 is 6.10 Å². The van der Waals surface area contributed by atoms with Crippen LogP contribution in [0.15, 0.2) is 35.4 Å². The van der Waals surface area contributed by atoms with Crippen LogP contribution < -0.4 is 10.9 Å². The van der Waals surface area contributed by atoms with Gasteiger partial charge in [-0.3, -0.25) is 14.6 Å². The van der Waals surface area contributed by atoms with Crippen molar-refractivity contribution >= 4 is 22.6 Å². The normalized spacial score (nSPS) is 11.6. The Hall–Kier alpha value is -3.06. The average Bonchev–Trinajstić information content (AvgIpc) is 2.71. The van der Waals surface area contributed by atoms with E-state index >= 15 is 0 Å². The molecule has 0 saturated carbocycles. The summed E-state index contributed by atoms with van der Waals surface area (Å²) in [5.41, 5.74) is 3.20. The van der Waals surface area contributed by atoms with Gasteiger partial charge in [0.1, 0.15) is 5.82 Å². The number of nitrogens with zero attached hydrogens (tertiary/aromatic N) is 3. The Morgan fingerprint density at radius 2 is 1.86 bits per heavy atom. The van der Waals surface area contributed by atoms with Crippen LogP contribution in [0.3, 0.4) is 0 Å². The maximum absolute atomic E-state index is 12.9. The molecule has 0 saturated heterocycles. The Morgan fingerprint density at radius 1 is 1.17 bits per heavy atom. The van der Waals surface area contributed by atoms with Gasteiger partial charge in [0, 0.05) is 48.9 Å². The minimum absolute atomic E-state index is 0.170. The number of rotatable bonds is 4. The molecule has 0 radical (unpaired) electrons. The van der Waals surface area contributed by atoms with Crippen LogP contribution in [0.2, 0.25) is 0 Å². The largest absolute Gasteiger partial charge is 0.387 e. The number of aliphatic hydroxyl groups is 1. The Kier molecular flexibility index (Phi) is 7.23. The molecule has 0 fully saturated rings. The summed E-state index contributed by atoms with van der Waals surface area (Å²) in [7, 11) is 1.68. The number of aromatic nitrogens is 3. The van der Waals surface area contributed by atoms with Gasteiger partial charge in [-0.15, -0.1) is 0 Å². The highest BCUT2D eigenvalue weighted by molar-refractivity contribution is 5.91. The molecule has 0 bridgehead atoms. The van der Waals surface area contributed by atoms with E-state index in [-0.39, 0.29) is 11.5 Å². The summed E-state index contributed by atoms with van der Waals surface area (Å²) >= 11 is 0. The van der Waals surface area contributed by atoms with Crippen molar-refractivity contribution in [2.45, 2.75) is 47.1 Å². The van der Waals surface area contributed by atoms with Crippen LogP contribution >= 0.6 is 0 Å². The zero-order valence-electron chi connectivity index (χ0n) is 17.8. The van der Waals surface area contributed by atoms with Gasteiger partial charge in [0.15, 0.2) is 0 Å². The van der Waals surface area contributed by atoms with E-state index in [0.717, 1.165) is 16.5 Å². The first-order valence-electron chi connectivity index (χ1n) is 9.74. The molecule has 3 aromatic rings. The second-order valence-corrected chi connectivity index (χ2v) is 6.58. The number of pyridine rings is 3. The molecule has 1 unspecified atom stereocenters. The van der Waals surface area contributed by atoms with Crippen molar-refractivity contribution in [2.75, 3.05) is 5.32 Å². The summed E-state index contributed by atoms with van der Waals surface area (Å²) in [5, 5.41) is 13.4. The minimum Gasteiger partial charge on any atom is -0.387 e. The van der Waals surface area contributed by atoms with E-state index in [4.69, 9.17) is 0 Å². The molecular weight excluding hydrogens is 368 g/mol. The van der Waals surface area contributed by atoms with Crippen molar-refractivity contribution in [1.82, 2.24) is 14.5 Å². The number of aryl methyl sites for hydroxylation is 2. The maximum Gasteiger partial charge on any atom is 0.258 e. The van der Waals surface area contributed by atoms with Gasteiger partial charge in [0.2, 0.25) is 5.91 Å². The highest BCUT2D eigenvalue weighted by Gasteiger charge is 2.15. The van der Waals surface area contributed by atoms with E-state index in [1.165, 1.54) is 11.5 Å². The van der Waals surface area contributed by atoms with Gasteiger partial charge in [0.05, 0.1) is 17.3 Å². The predicted molar refractivity (Wildman–Crippen MR) is 116 cm³/mol. The number of aliphatic hydroxyl groups excluding tert-OH is 1. The van der Waals surface area contributed by atoms with Crippen LogP contribution in [0.5, 0.6) is 0 Å². The first-order valence-corrected chi connectivity index (χ1v) is 9.74. The van der Waals surface area contributed by atoms with Gasteiger partial charge in [0.25, 0.3) is 5.56 Å². The molecule has 2 N–H and O–H groups in total. The molecule has 3 heterocycles. The minimum atomic E-state index is -0.617. The molecule has 7 heteroatoms. The third-order valence-electron chi connectivity index (χ3n) is 4.56. The van der Waals surface area contributed by atoms with E-state index in [0.29, 0.717) is 29.0 Å². The zero-order valence-corrected chi connectivity index (χ0v) is 17.8. The molecule has 3 aromatic heterocycles. The molecule has 0 aliphatic rings. The summed E-state index contributed by atoms with van der Waals surface area (Å²) in [6.07, 6.45) is 3.21. The van der Waals surface area contributed by atoms with Gasteiger partial charge in [-0.25, -0.2) is 4.98 Å². The fraction of sp³-hybridized carbons (Fsp3) is 0.364. The van der Waals surface area contributed by atoms with Gasteiger partial charge in [-0.2, -0.15) is 0 Å². The molecule has 0 spiro atoms. The first kappa shape index (κ1) is 22.2. The van der Waals surface area contributed by atoms with Crippen molar-refractivity contribution in [2.24, 2.45) is 7.05 Å². The zero-order chi connectivity index (χ0) is 21.7. The second-order valence-electron chi connectivity index (χ2n) is 6.58. The van der Waals surface area contributed by atoms with Crippen molar-refractivity contribution < 1.29 is 9.90 Å². The molecule has 29 heavy (non-hydrogen) atoms. The van der Waals surface area contributed by atoms with Gasteiger partial charge >= 0.3 is 0 Å². The Morgan fingerprint density at radius 3 is 2.45 bits per heavy atom. The Bertz CT molecular complexity index is 1090. The number of fused-ring (bicyclic) bond motifs is 1. The first-order chi connectivity index (χ1) is 13.8. The molecule has 1 atom stereocenters. The van der Waals surface area contributed by atoms with Gasteiger partial charge in [-0.1, -0.05) is 20.8 Å². The molecule has 3 rings (SSSR count). The summed E-state index contributed by atoms with van der Waals surface area (Å²) in [5.74, 6) is 0.174. The van der Waals surface area contributed by atoms with E-state index in [9.17, 15) is 14.7 Å². The quantitative estimate of drug-likeness (QED) is 0.700. The highest BCUT2D eigenvalue weighted by atomic mass is 16.3. The van der Waals surface area contributed by atoms with Crippen LogP contribution in [0, 0.1) is 6.92 Å². The van der Waals surface area contributed by atoms with Crippen molar-refractivity contribution in [3.05, 3.63) is 52.2 Å². The summed E-state index contributed by atoms with van der Waals surface area (Å²) in [6, 6.07) is 5.27. The summed E-state index contributed by atoms with van der Waals surface area (Å²) in [4.78, 5) is 32.7. The number of carbonyl (C=O) groups excluding carboxylic acids is 1. The number of hydrogen-bond acceptors (Lipinski definition) is 5. The van der Waals surface area contributed by atoms with Crippen LogP contribution in [0.4, 0.5) is 5.82 Å². The standard InChI is InChI=1S/C20H22N4O3.C2H6/c1-5-18(26)16-6-11(2)15(10-21-16)14-7-13-9-22-19(23-12(3)25)8-17(13)24(4)20(14)27;1-2/h6-10,18,26H,5H2,1-4H3,(H,22,23,25);1-2H3. The monoisotopic (exact) mass is 396 g/mol.